The highest BCUT2D eigenvalue weighted by Gasteiger charge is 2.34. The molecule has 0 spiro atoms. The fourth-order valence-electron chi connectivity index (χ4n) is 3.84. The van der Waals surface area contributed by atoms with E-state index < -0.39 is 24.0 Å². The van der Waals surface area contributed by atoms with E-state index in [9.17, 15) is 14.4 Å². The van der Waals surface area contributed by atoms with Gasteiger partial charge in [0.15, 0.2) is 5.11 Å². The first kappa shape index (κ1) is 26.7. The molecule has 2 amide bonds. The smallest absolute Gasteiger partial charge is 0.338 e. The van der Waals surface area contributed by atoms with E-state index in [1.54, 1.807) is 50.2 Å². The monoisotopic (exact) mass is 510 g/mol. The molecule has 0 radical (unpaired) electrons. The summed E-state index contributed by atoms with van der Waals surface area (Å²) in [6, 6.07) is 12.6. The average molecular weight is 511 g/mol. The van der Waals surface area contributed by atoms with Crippen LogP contribution in [-0.4, -0.2) is 47.7 Å². The van der Waals surface area contributed by atoms with Gasteiger partial charge in [-0.3, -0.25) is 0 Å². The molecule has 0 fully saturated rings. The SMILES string of the molecule is CCOC(=O)C1=C(C)N(CC)C(=S)NC1c1ccc(NC(=O)Nc2ccc(C(=O)OCC)cc2)cc1. The largest absolute Gasteiger partial charge is 0.463 e. The molecular formula is C26H30N4O5S. The molecule has 2 aromatic rings. The van der Waals surface area contributed by atoms with Crippen LogP contribution in [0.1, 0.15) is 49.7 Å². The van der Waals surface area contributed by atoms with E-state index in [0.717, 1.165) is 11.3 Å². The van der Waals surface area contributed by atoms with Gasteiger partial charge in [-0.2, -0.15) is 0 Å². The fraction of sp³-hybridized carbons (Fsp3) is 0.308. The van der Waals surface area contributed by atoms with Crippen LogP contribution in [0.2, 0.25) is 0 Å². The third-order valence-corrected chi connectivity index (χ3v) is 5.90. The molecular weight excluding hydrogens is 480 g/mol. The summed E-state index contributed by atoms with van der Waals surface area (Å²) < 4.78 is 10.3. The molecule has 1 unspecified atom stereocenters. The molecule has 3 N–H and O–H groups in total. The van der Waals surface area contributed by atoms with Crippen LogP contribution >= 0.6 is 12.2 Å². The summed E-state index contributed by atoms with van der Waals surface area (Å²) in [5.74, 6) is -0.815. The summed E-state index contributed by atoms with van der Waals surface area (Å²) in [7, 11) is 0. The van der Waals surface area contributed by atoms with Gasteiger partial charge in [0.1, 0.15) is 0 Å². The molecule has 1 aliphatic heterocycles. The zero-order valence-electron chi connectivity index (χ0n) is 20.7. The number of ether oxygens (including phenoxy) is 2. The van der Waals surface area contributed by atoms with Gasteiger partial charge >= 0.3 is 18.0 Å². The maximum Gasteiger partial charge on any atom is 0.338 e. The lowest BCUT2D eigenvalue weighted by atomic mass is 9.95. The van der Waals surface area contributed by atoms with Gasteiger partial charge in [0.25, 0.3) is 0 Å². The third kappa shape index (κ3) is 6.19. The Morgan fingerprint density at radius 2 is 1.42 bits per heavy atom. The summed E-state index contributed by atoms with van der Waals surface area (Å²) in [6.07, 6.45) is 0. The minimum atomic E-state index is -0.472. The van der Waals surface area contributed by atoms with Crippen molar-refractivity contribution in [1.29, 1.82) is 0 Å². The van der Waals surface area contributed by atoms with Crippen LogP contribution in [0.15, 0.2) is 59.8 Å². The predicted octanol–water partition coefficient (Wildman–Crippen LogP) is 4.60. The van der Waals surface area contributed by atoms with Gasteiger partial charge in [-0.1, -0.05) is 12.1 Å². The molecule has 36 heavy (non-hydrogen) atoms. The molecule has 0 bridgehead atoms. The number of anilines is 2. The predicted molar refractivity (Wildman–Crippen MR) is 142 cm³/mol. The standard InChI is InChI=1S/C26H30N4O5S/c1-5-30-16(4)21(24(32)35-7-3)22(29-26(30)36)17-8-12-19(13-9-17)27-25(33)28-20-14-10-18(11-15-20)23(31)34-6-2/h8-15,22H,5-7H2,1-4H3,(H,29,36)(H2,27,28,33). The topological polar surface area (TPSA) is 109 Å². The van der Waals surface area contributed by atoms with Crippen LogP contribution in [0.5, 0.6) is 0 Å². The molecule has 0 saturated carbocycles. The molecule has 1 atom stereocenters. The number of thiocarbonyl (C=S) groups is 1. The van der Waals surface area contributed by atoms with Crippen molar-refractivity contribution >= 4 is 46.7 Å². The van der Waals surface area contributed by atoms with E-state index in [1.165, 1.54) is 0 Å². The lowest BCUT2D eigenvalue weighted by Gasteiger charge is -2.37. The summed E-state index contributed by atoms with van der Waals surface area (Å²) in [6.45, 7) is 8.50. The first-order valence-electron chi connectivity index (χ1n) is 11.7. The second-order valence-electron chi connectivity index (χ2n) is 7.85. The summed E-state index contributed by atoms with van der Waals surface area (Å²) >= 11 is 5.50. The number of nitrogens with zero attached hydrogens (tertiary/aromatic N) is 1. The van der Waals surface area contributed by atoms with Gasteiger partial charge in [-0.05, 0) is 81.9 Å². The Balaban J connectivity index is 1.71. The van der Waals surface area contributed by atoms with Gasteiger partial charge in [0, 0.05) is 23.6 Å². The maximum absolute atomic E-state index is 12.8. The van der Waals surface area contributed by atoms with E-state index in [4.69, 9.17) is 21.7 Å². The van der Waals surface area contributed by atoms with Crippen LogP contribution in [0.4, 0.5) is 16.2 Å². The first-order chi connectivity index (χ1) is 17.3. The molecule has 10 heteroatoms. The summed E-state index contributed by atoms with van der Waals surface area (Å²) in [5, 5.41) is 9.25. The van der Waals surface area contributed by atoms with Crippen LogP contribution in [0.25, 0.3) is 0 Å². The van der Waals surface area contributed by atoms with E-state index in [1.807, 2.05) is 30.9 Å². The van der Waals surface area contributed by atoms with Crippen molar-refractivity contribution in [1.82, 2.24) is 10.2 Å². The molecule has 1 heterocycles. The van der Waals surface area contributed by atoms with Gasteiger partial charge in [0.2, 0.25) is 0 Å². The van der Waals surface area contributed by atoms with E-state index in [0.29, 0.717) is 40.8 Å². The number of urea groups is 1. The maximum atomic E-state index is 12.8. The molecule has 0 saturated heterocycles. The van der Waals surface area contributed by atoms with Crippen molar-refractivity contribution in [2.75, 3.05) is 30.4 Å². The Labute approximate surface area is 215 Å². The number of hydrogen-bond acceptors (Lipinski definition) is 6. The molecule has 190 valence electrons. The van der Waals surface area contributed by atoms with Crippen molar-refractivity contribution in [2.45, 2.75) is 33.7 Å². The lowest BCUT2D eigenvalue weighted by molar-refractivity contribution is -0.139. The second kappa shape index (κ2) is 12.2. The molecule has 2 aromatic carbocycles. The number of benzene rings is 2. The van der Waals surface area contributed by atoms with Crippen molar-refractivity contribution < 1.29 is 23.9 Å². The highest BCUT2D eigenvalue weighted by atomic mass is 32.1. The Morgan fingerprint density at radius 1 is 0.889 bits per heavy atom. The fourth-order valence-corrected chi connectivity index (χ4v) is 4.23. The van der Waals surface area contributed by atoms with Crippen molar-refractivity contribution in [3.63, 3.8) is 0 Å². The van der Waals surface area contributed by atoms with Crippen LogP contribution < -0.4 is 16.0 Å². The van der Waals surface area contributed by atoms with Gasteiger partial charge in [-0.15, -0.1) is 0 Å². The molecule has 0 aromatic heterocycles. The number of rotatable bonds is 8. The molecule has 9 nitrogen and oxygen atoms in total. The van der Waals surface area contributed by atoms with Crippen molar-refractivity contribution in [3.8, 4) is 0 Å². The van der Waals surface area contributed by atoms with Crippen molar-refractivity contribution in [2.24, 2.45) is 0 Å². The molecule has 3 rings (SSSR count). The number of hydrogen-bond donors (Lipinski definition) is 3. The average Bonchev–Trinajstić information content (AvgIpc) is 2.85. The number of carbonyl (C=O) groups excluding carboxylic acids is 3. The Morgan fingerprint density at radius 3 is 1.94 bits per heavy atom. The Hall–Kier alpha value is -3.92. The third-order valence-electron chi connectivity index (χ3n) is 5.56. The van der Waals surface area contributed by atoms with E-state index in [2.05, 4.69) is 16.0 Å². The summed E-state index contributed by atoms with van der Waals surface area (Å²) in [5.41, 5.74) is 3.54. The highest BCUT2D eigenvalue weighted by Crippen LogP contribution is 2.32. The Bertz CT molecular complexity index is 1160. The van der Waals surface area contributed by atoms with Gasteiger partial charge in [0.05, 0.1) is 30.4 Å². The number of esters is 2. The second-order valence-corrected chi connectivity index (χ2v) is 8.23. The summed E-state index contributed by atoms with van der Waals surface area (Å²) in [4.78, 5) is 38.8. The zero-order valence-corrected chi connectivity index (χ0v) is 21.5. The number of allylic oxidation sites excluding steroid dienone is 1. The van der Waals surface area contributed by atoms with Crippen molar-refractivity contribution in [3.05, 3.63) is 70.9 Å². The highest BCUT2D eigenvalue weighted by molar-refractivity contribution is 7.80. The van der Waals surface area contributed by atoms with Gasteiger partial charge < -0.3 is 30.3 Å². The minimum Gasteiger partial charge on any atom is -0.463 e. The Kier molecular flexibility index (Phi) is 9.02. The van der Waals surface area contributed by atoms with Crippen LogP contribution in [0, 0.1) is 0 Å². The quantitative estimate of drug-likeness (QED) is 0.349. The molecule has 1 aliphatic rings. The van der Waals surface area contributed by atoms with E-state index >= 15 is 0 Å². The molecule has 0 aliphatic carbocycles. The normalized spacial score (nSPS) is 15.2. The number of nitrogens with one attached hydrogen (secondary N) is 3. The zero-order chi connectivity index (χ0) is 26.2. The van der Waals surface area contributed by atoms with E-state index in [-0.39, 0.29) is 6.61 Å². The number of amides is 2. The number of carbonyl (C=O) groups is 3. The van der Waals surface area contributed by atoms with Crippen LogP contribution in [-0.2, 0) is 14.3 Å². The van der Waals surface area contributed by atoms with Crippen LogP contribution in [0.3, 0.4) is 0 Å². The van der Waals surface area contributed by atoms with Gasteiger partial charge in [-0.25, -0.2) is 14.4 Å². The first-order valence-corrected chi connectivity index (χ1v) is 12.1. The lowest BCUT2D eigenvalue weighted by Crippen LogP contribution is -2.47. The minimum absolute atomic E-state index is 0.266.